The second kappa shape index (κ2) is 5.81. The van der Waals surface area contributed by atoms with Crippen molar-refractivity contribution in [2.45, 2.75) is 31.9 Å². The van der Waals surface area contributed by atoms with E-state index in [1.54, 1.807) is 6.20 Å². The number of rotatable bonds is 3. The SMILES string of the molecule is NCc1cc(OC2CCCc3ccccc32)ncc1Cl. The Morgan fingerprint density at radius 2 is 2.20 bits per heavy atom. The molecule has 2 N–H and O–H groups in total. The molecule has 3 rings (SSSR count). The average molecular weight is 289 g/mol. The van der Waals surface area contributed by atoms with E-state index in [-0.39, 0.29) is 6.10 Å². The van der Waals surface area contributed by atoms with E-state index in [4.69, 9.17) is 22.1 Å². The largest absolute Gasteiger partial charge is 0.469 e. The highest BCUT2D eigenvalue weighted by atomic mass is 35.5. The van der Waals surface area contributed by atoms with Crippen molar-refractivity contribution >= 4 is 11.6 Å². The summed E-state index contributed by atoms with van der Waals surface area (Å²) in [7, 11) is 0. The van der Waals surface area contributed by atoms with Gasteiger partial charge in [0.05, 0.1) is 5.02 Å². The highest BCUT2D eigenvalue weighted by Gasteiger charge is 2.21. The van der Waals surface area contributed by atoms with Crippen LogP contribution in [0.4, 0.5) is 0 Å². The van der Waals surface area contributed by atoms with Gasteiger partial charge in [0.1, 0.15) is 6.10 Å². The van der Waals surface area contributed by atoms with E-state index in [1.165, 1.54) is 11.1 Å². The summed E-state index contributed by atoms with van der Waals surface area (Å²) in [6.45, 7) is 0.388. The number of hydrogen-bond donors (Lipinski definition) is 1. The van der Waals surface area contributed by atoms with Gasteiger partial charge in [-0.25, -0.2) is 4.98 Å². The molecule has 0 radical (unpaired) electrons. The van der Waals surface area contributed by atoms with Crippen LogP contribution < -0.4 is 10.5 Å². The van der Waals surface area contributed by atoms with Crippen molar-refractivity contribution in [2.75, 3.05) is 0 Å². The van der Waals surface area contributed by atoms with Crippen molar-refractivity contribution in [3.05, 3.63) is 58.2 Å². The summed E-state index contributed by atoms with van der Waals surface area (Å²) in [4.78, 5) is 4.24. The number of hydrogen-bond acceptors (Lipinski definition) is 3. The summed E-state index contributed by atoms with van der Waals surface area (Å²) >= 11 is 6.02. The van der Waals surface area contributed by atoms with E-state index in [1.807, 2.05) is 6.07 Å². The van der Waals surface area contributed by atoms with Crippen molar-refractivity contribution in [2.24, 2.45) is 5.73 Å². The molecule has 1 heterocycles. The van der Waals surface area contributed by atoms with Crippen molar-refractivity contribution in [3.8, 4) is 5.88 Å². The van der Waals surface area contributed by atoms with Gasteiger partial charge < -0.3 is 10.5 Å². The van der Waals surface area contributed by atoms with Crippen molar-refractivity contribution in [1.29, 1.82) is 0 Å². The molecule has 1 aromatic carbocycles. The minimum atomic E-state index is 0.0687. The minimum absolute atomic E-state index is 0.0687. The van der Waals surface area contributed by atoms with Gasteiger partial charge in [-0.05, 0) is 36.0 Å². The number of aryl methyl sites for hydroxylation is 1. The monoisotopic (exact) mass is 288 g/mol. The fourth-order valence-electron chi connectivity index (χ4n) is 2.66. The number of benzene rings is 1. The molecule has 1 aliphatic rings. The highest BCUT2D eigenvalue weighted by molar-refractivity contribution is 6.31. The van der Waals surface area contributed by atoms with Crippen LogP contribution in [0.3, 0.4) is 0 Å². The first-order valence-electron chi connectivity index (χ1n) is 6.87. The van der Waals surface area contributed by atoms with Crippen LogP contribution in [0, 0.1) is 0 Å². The normalized spacial score (nSPS) is 17.6. The Bertz CT molecular complexity index is 615. The zero-order chi connectivity index (χ0) is 13.9. The van der Waals surface area contributed by atoms with Crippen molar-refractivity contribution < 1.29 is 4.74 Å². The van der Waals surface area contributed by atoms with Gasteiger partial charge in [-0.1, -0.05) is 35.9 Å². The Balaban J connectivity index is 1.85. The fourth-order valence-corrected chi connectivity index (χ4v) is 2.84. The quantitative estimate of drug-likeness (QED) is 0.938. The molecule has 0 amide bonds. The number of nitrogens with zero attached hydrogens (tertiary/aromatic N) is 1. The van der Waals surface area contributed by atoms with Gasteiger partial charge in [-0.2, -0.15) is 0 Å². The Labute approximate surface area is 123 Å². The zero-order valence-corrected chi connectivity index (χ0v) is 11.9. The molecule has 104 valence electrons. The molecule has 0 bridgehead atoms. The molecule has 0 saturated carbocycles. The number of ether oxygens (including phenoxy) is 1. The summed E-state index contributed by atoms with van der Waals surface area (Å²) in [6, 6.07) is 10.3. The van der Waals surface area contributed by atoms with Crippen LogP contribution in [0.2, 0.25) is 5.02 Å². The maximum atomic E-state index is 6.05. The maximum Gasteiger partial charge on any atom is 0.214 e. The van der Waals surface area contributed by atoms with Crippen LogP contribution in [0.5, 0.6) is 5.88 Å². The van der Waals surface area contributed by atoms with Gasteiger partial charge in [0.25, 0.3) is 0 Å². The summed E-state index contributed by atoms with van der Waals surface area (Å²) in [5, 5.41) is 0.587. The Morgan fingerprint density at radius 1 is 1.35 bits per heavy atom. The van der Waals surface area contributed by atoms with Crippen LogP contribution in [-0.2, 0) is 13.0 Å². The van der Waals surface area contributed by atoms with Gasteiger partial charge in [0.2, 0.25) is 5.88 Å². The van der Waals surface area contributed by atoms with Crippen LogP contribution in [0.1, 0.15) is 35.6 Å². The molecule has 1 unspecified atom stereocenters. The van der Waals surface area contributed by atoms with Crippen molar-refractivity contribution in [1.82, 2.24) is 4.98 Å². The highest BCUT2D eigenvalue weighted by Crippen LogP contribution is 2.33. The van der Waals surface area contributed by atoms with Gasteiger partial charge in [0.15, 0.2) is 0 Å². The Hall–Kier alpha value is -1.58. The summed E-state index contributed by atoms with van der Waals surface area (Å²) in [5.74, 6) is 0.594. The molecule has 20 heavy (non-hydrogen) atoms. The topological polar surface area (TPSA) is 48.1 Å². The van der Waals surface area contributed by atoms with Gasteiger partial charge in [-0.15, -0.1) is 0 Å². The minimum Gasteiger partial charge on any atom is -0.469 e. The van der Waals surface area contributed by atoms with E-state index in [2.05, 4.69) is 29.2 Å². The zero-order valence-electron chi connectivity index (χ0n) is 11.2. The molecule has 0 saturated heterocycles. The Morgan fingerprint density at radius 3 is 3.05 bits per heavy atom. The van der Waals surface area contributed by atoms with Gasteiger partial charge in [-0.3, -0.25) is 0 Å². The molecule has 0 spiro atoms. The molecule has 1 atom stereocenters. The summed E-state index contributed by atoms with van der Waals surface area (Å²) < 4.78 is 6.05. The molecule has 1 aliphatic carbocycles. The van der Waals surface area contributed by atoms with E-state index in [9.17, 15) is 0 Å². The number of fused-ring (bicyclic) bond motifs is 1. The number of pyridine rings is 1. The predicted molar refractivity (Wildman–Crippen MR) is 79.9 cm³/mol. The third-order valence-corrected chi connectivity index (χ3v) is 4.05. The lowest BCUT2D eigenvalue weighted by atomic mass is 9.89. The molecule has 1 aromatic heterocycles. The molecular formula is C16H17ClN2O. The van der Waals surface area contributed by atoms with E-state index in [0.29, 0.717) is 17.4 Å². The fraction of sp³-hybridized carbons (Fsp3) is 0.312. The van der Waals surface area contributed by atoms with E-state index >= 15 is 0 Å². The second-order valence-corrected chi connectivity index (χ2v) is 5.42. The third-order valence-electron chi connectivity index (χ3n) is 3.71. The number of halogens is 1. The van der Waals surface area contributed by atoms with Gasteiger partial charge >= 0.3 is 0 Å². The van der Waals surface area contributed by atoms with Crippen molar-refractivity contribution in [3.63, 3.8) is 0 Å². The first kappa shape index (κ1) is 13.4. The second-order valence-electron chi connectivity index (χ2n) is 5.02. The van der Waals surface area contributed by atoms with Gasteiger partial charge in [0, 0.05) is 18.8 Å². The molecule has 0 fully saturated rings. The lowest BCUT2D eigenvalue weighted by molar-refractivity contribution is 0.175. The van der Waals surface area contributed by atoms with E-state index in [0.717, 1.165) is 24.8 Å². The predicted octanol–water partition coefficient (Wildman–Crippen LogP) is 3.65. The number of nitrogens with two attached hydrogens (primary N) is 1. The van der Waals surface area contributed by atoms with Crippen LogP contribution in [0.15, 0.2) is 36.5 Å². The smallest absolute Gasteiger partial charge is 0.214 e. The summed E-state index contributed by atoms with van der Waals surface area (Å²) in [5.41, 5.74) is 9.16. The molecular weight excluding hydrogens is 272 g/mol. The molecule has 2 aromatic rings. The first-order valence-corrected chi connectivity index (χ1v) is 7.24. The third kappa shape index (κ3) is 2.65. The summed E-state index contributed by atoms with van der Waals surface area (Å²) in [6.07, 6.45) is 4.95. The standard InChI is InChI=1S/C16H17ClN2O/c17-14-10-19-16(8-12(14)9-18)20-15-7-3-5-11-4-1-2-6-13(11)15/h1-2,4,6,8,10,15H,3,5,7,9,18H2. The first-order chi connectivity index (χ1) is 9.78. The Kier molecular flexibility index (Phi) is 3.90. The average Bonchev–Trinajstić information content (AvgIpc) is 2.49. The lowest BCUT2D eigenvalue weighted by Gasteiger charge is -2.26. The van der Waals surface area contributed by atoms with Crippen LogP contribution in [-0.4, -0.2) is 4.98 Å². The maximum absolute atomic E-state index is 6.05. The molecule has 4 heteroatoms. The molecule has 3 nitrogen and oxygen atoms in total. The van der Waals surface area contributed by atoms with Crippen LogP contribution >= 0.6 is 11.6 Å². The number of aromatic nitrogens is 1. The van der Waals surface area contributed by atoms with E-state index < -0.39 is 0 Å². The molecule has 0 aliphatic heterocycles. The van der Waals surface area contributed by atoms with Crippen LogP contribution in [0.25, 0.3) is 0 Å². The lowest BCUT2D eigenvalue weighted by Crippen LogP contribution is -2.15.